The molecule has 0 bridgehead atoms. The van der Waals surface area contributed by atoms with Gasteiger partial charge in [-0.15, -0.1) is 11.3 Å². The third-order valence-corrected chi connectivity index (χ3v) is 3.14. The van der Waals surface area contributed by atoms with Gasteiger partial charge in [-0.3, -0.25) is 19.5 Å². The molecular formula is C10H10N4O3S. The molecule has 0 saturated heterocycles. The summed E-state index contributed by atoms with van der Waals surface area (Å²) in [6.45, 7) is 1.80. The molecule has 0 fully saturated rings. The van der Waals surface area contributed by atoms with Gasteiger partial charge in [-0.1, -0.05) is 0 Å². The van der Waals surface area contributed by atoms with Crippen LogP contribution in [0, 0.1) is 6.92 Å². The molecule has 0 radical (unpaired) electrons. The number of thiazole rings is 1. The topological polar surface area (TPSA) is 96.9 Å². The lowest BCUT2D eigenvalue weighted by Crippen LogP contribution is -2.37. The van der Waals surface area contributed by atoms with Crippen LogP contribution >= 0.6 is 11.3 Å². The number of hydrogen-bond donors (Lipinski definition) is 2. The number of hydrogen-bond acceptors (Lipinski definition) is 5. The lowest BCUT2D eigenvalue weighted by molar-refractivity contribution is 0.102. The number of carbonyl (C=O) groups is 1. The molecule has 0 aliphatic rings. The molecular weight excluding hydrogens is 256 g/mol. The lowest BCUT2D eigenvalue weighted by atomic mass is 10.3. The molecule has 7 nitrogen and oxygen atoms in total. The average molecular weight is 266 g/mol. The van der Waals surface area contributed by atoms with Crippen molar-refractivity contribution in [1.82, 2.24) is 14.5 Å². The summed E-state index contributed by atoms with van der Waals surface area (Å²) in [5.74, 6) is -0.596. The average Bonchev–Trinajstić information content (AvgIpc) is 2.71. The molecule has 0 aliphatic heterocycles. The summed E-state index contributed by atoms with van der Waals surface area (Å²) in [7, 11) is 1.30. The van der Waals surface area contributed by atoms with E-state index in [2.05, 4.69) is 15.3 Å². The first kappa shape index (κ1) is 12.2. The molecule has 0 saturated carbocycles. The summed E-state index contributed by atoms with van der Waals surface area (Å²) < 4.78 is 0.835. The fourth-order valence-corrected chi connectivity index (χ4v) is 1.99. The fraction of sp³-hybridized carbons (Fsp3) is 0.200. The second-order valence-electron chi connectivity index (χ2n) is 3.62. The molecule has 0 aromatic carbocycles. The zero-order chi connectivity index (χ0) is 13.3. The molecule has 0 unspecified atom stereocenters. The van der Waals surface area contributed by atoms with E-state index in [1.807, 2.05) is 0 Å². The second kappa shape index (κ2) is 4.57. The van der Waals surface area contributed by atoms with Crippen LogP contribution in [-0.2, 0) is 7.05 Å². The van der Waals surface area contributed by atoms with Crippen LogP contribution in [0.25, 0.3) is 0 Å². The number of aromatic amines is 1. The molecule has 1 amide bonds. The van der Waals surface area contributed by atoms with Crippen LogP contribution in [0.4, 0.5) is 5.13 Å². The Hall–Kier alpha value is -2.22. The van der Waals surface area contributed by atoms with Crippen LogP contribution < -0.4 is 16.6 Å². The van der Waals surface area contributed by atoms with Gasteiger partial charge in [-0.2, -0.15) is 0 Å². The lowest BCUT2D eigenvalue weighted by Gasteiger charge is -2.02. The van der Waals surface area contributed by atoms with Gasteiger partial charge in [-0.05, 0) is 6.92 Å². The smallest absolute Gasteiger partial charge is 0.313 e. The molecule has 2 heterocycles. The molecule has 2 aromatic rings. The Morgan fingerprint density at radius 1 is 1.50 bits per heavy atom. The van der Waals surface area contributed by atoms with Crippen molar-refractivity contribution in [2.45, 2.75) is 6.92 Å². The van der Waals surface area contributed by atoms with Crippen molar-refractivity contribution >= 4 is 22.4 Å². The van der Waals surface area contributed by atoms with E-state index in [-0.39, 0.29) is 5.56 Å². The van der Waals surface area contributed by atoms with Crippen molar-refractivity contribution in [2.75, 3.05) is 5.32 Å². The minimum absolute atomic E-state index is 0.134. The van der Waals surface area contributed by atoms with Crippen molar-refractivity contribution < 1.29 is 4.79 Å². The van der Waals surface area contributed by atoms with Gasteiger partial charge in [0.25, 0.3) is 11.5 Å². The highest BCUT2D eigenvalue weighted by atomic mass is 32.1. The van der Waals surface area contributed by atoms with Crippen molar-refractivity contribution in [2.24, 2.45) is 7.05 Å². The second-order valence-corrected chi connectivity index (χ2v) is 4.48. The predicted octanol–water partition coefficient (Wildman–Crippen LogP) is 0.0908. The first-order valence-electron chi connectivity index (χ1n) is 5.01. The molecule has 0 atom stereocenters. The Labute approximate surface area is 105 Å². The van der Waals surface area contributed by atoms with E-state index >= 15 is 0 Å². The molecule has 0 aliphatic carbocycles. The van der Waals surface area contributed by atoms with E-state index in [4.69, 9.17) is 0 Å². The number of rotatable bonds is 2. The number of anilines is 1. The van der Waals surface area contributed by atoms with Gasteiger partial charge in [0.1, 0.15) is 5.56 Å². The Morgan fingerprint density at radius 2 is 2.22 bits per heavy atom. The van der Waals surface area contributed by atoms with E-state index in [1.165, 1.54) is 18.4 Å². The molecule has 0 spiro atoms. The van der Waals surface area contributed by atoms with E-state index in [0.29, 0.717) is 5.13 Å². The van der Waals surface area contributed by atoms with Gasteiger partial charge >= 0.3 is 5.69 Å². The van der Waals surface area contributed by atoms with Crippen molar-refractivity contribution in [3.8, 4) is 0 Å². The number of nitrogens with one attached hydrogen (secondary N) is 2. The van der Waals surface area contributed by atoms with Crippen LogP contribution in [0.3, 0.4) is 0 Å². The van der Waals surface area contributed by atoms with Crippen LogP contribution in [0.5, 0.6) is 0 Å². The van der Waals surface area contributed by atoms with Gasteiger partial charge in [0.15, 0.2) is 5.13 Å². The van der Waals surface area contributed by atoms with Crippen molar-refractivity contribution in [3.63, 3.8) is 0 Å². The minimum Gasteiger partial charge on any atom is -0.313 e. The largest absolute Gasteiger partial charge is 0.328 e. The van der Waals surface area contributed by atoms with Crippen LogP contribution in [-0.4, -0.2) is 20.4 Å². The van der Waals surface area contributed by atoms with Crippen LogP contribution in [0.1, 0.15) is 16.1 Å². The maximum absolute atomic E-state index is 11.8. The SMILES string of the molecule is Cc1csc(NC(=O)c2c[nH]c(=O)n(C)c2=O)n1. The van der Waals surface area contributed by atoms with E-state index in [1.54, 1.807) is 12.3 Å². The fourth-order valence-electron chi connectivity index (χ4n) is 1.30. The summed E-state index contributed by atoms with van der Waals surface area (Å²) in [5, 5.41) is 4.69. The Morgan fingerprint density at radius 3 is 2.83 bits per heavy atom. The molecule has 8 heteroatoms. The third kappa shape index (κ3) is 2.23. The number of carbonyl (C=O) groups excluding carboxylic acids is 1. The monoisotopic (exact) mass is 266 g/mol. The van der Waals surface area contributed by atoms with E-state index in [9.17, 15) is 14.4 Å². The summed E-state index contributed by atoms with van der Waals surface area (Å²) in [6, 6.07) is 0. The zero-order valence-corrected chi connectivity index (χ0v) is 10.5. The number of nitrogens with zero attached hydrogens (tertiary/aromatic N) is 2. The predicted molar refractivity (Wildman–Crippen MR) is 67.1 cm³/mol. The van der Waals surface area contributed by atoms with E-state index < -0.39 is 17.2 Å². The number of H-pyrrole nitrogens is 1. The molecule has 2 rings (SSSR count). The molecule has 94 valence electrons. The highest BCUT2D eigenvalue weighted by molar-refractivity contribution is 7.13. The standard InChI is InChI=1S/C10H10N4O3S/c1-5-4-18-9(12-5)13-7(15)6-3-11-10(17)14(2)8(6)16/h3-4H,1-2H3,(H,11,17)(H,12,13,15). The summed E-state index contributed by atoms with van der Waals surface area (Å²) >= 11 is 1.26. The summed E-state index contributed by atoms with van der Waals surface area (Å²) in [5.41, 5.74) is -0.569. The first-order chi connectivity index (χ1) is 8.49. The number of amides is 1. The maximum atomic E-state index is 11.8. The van der Waals surface area contributed by atoms with Crippen molar-refractivity contribution in [1.29, 1.82) is 0 Å². The van der Waals surface area contributed by atoms with Gasteiger partial charge in [0, 0.05) is 18.6 Å². The van der Waals surface area contributed by atoms with Crippen molar-refractivity contribution in [3.05, 3.63) is 43.7 Å². The number of aromatic nitrogens is 3. The third-order valence-electron chi connectivity index (χ3n) is 2.26. The maximum Gasteiger partial charge on any atom is 0.328 e. The first-order valence-corrected chi connectivity index (χ1v) is 5.89. The highest BCUT2D eigenvalue weighted by Gasteiger charge is 2.14. The Balaban J connectivity index is 2.33. The van der Waals surface area contributed by atoms with Crippen LogP contribution in [0.2, 0.25) is 0 Å². The quantitative estimate of drug-likeness (QED) is 0.805. The van der Waals surface area contributed by atoms with Gasteiger partial charge in [-0.25, -0.2) is 9.78 Å². The summed E-state index contributed by atoms with van der Waals surface area (Å²) in [6.07, 6.45) is 1.10. The zero-order valence-electron chi connectivity index (χ0n) is 9.68. The molecule has 2 N–H and O–H groups in total. The Bertz CT molecular complexity index is 712. The Kier molecular flexibility index (Phi) is 3.11. The molecule has 2 aromatic heterocycles. The normalized spacial score (nSPS) is 10.3. The van der Waals surface area contributed by atoms with E-state index in [0.717, 1.165) is 16.5 Å². The highest BCUT2D eigenvalue weighted by Crippen LogP contribution is 2.14. The minimum atomic E-state index is -0.649. The number of aryl methyl sites for hydroxylation is 1. The van der Waals surface area contributed by atoms with Gasteiger partial charge < -0.3 is 4.98 Å². The van der Waals surface area contributed by atoms with Gasteiger partial charge in [0.2, 0.25) is 0 Å². The summed E-state index contributed by atoms with van der Waals surface area (Å²) in [4.78, 5) is 41.0. The van der Waals surface area contributed by atoms with Crippen LogP contribution in [0.15, 0.2) is 21.2 Å². The molecule has 18 heavy (non-hydrogen) atoms. The van der Waals surface area contributed by atoms with Gasteiger partial charge in [0.05, 0.1) is 5.69 Å².